The first kappa shape index (κ1) is 27.4. The maximum Gasteiger partial charge on any atom is 0.331 e. The van der Waals surface area contributed by atoms with Crippen LogP contribution in [-0.2, 0) is 29.2 Å². The molecule has 0 aliphatic carbocycles. The number of para-hydroxylation sites is 2. The monoisotopic (exact) mass is 528 g/mol. The number of carbonyl (C=O) groups excluding carboxylic acids is 2. The summed E-state index contributed by atoms with van der Waals surface area (Å²) in [6, 6.07) is 19.8. The van der Waals surface area contributed by atoms with Gasteiger partial charge in [-0.05, 0) is 50.1 Å². The van der Waals surface area contributed by atoms with Crippen LogP contribution in [0.2, 0.25) is 0 Å². The number of methoxy groups -OCH3 is 1. The molecule has 4 rings (SSSR count). The second kappa shape index (κ2) is 12.3. The van der Waals surface area contributed by atoms with Gasteiger partial charge in [0.1, 0.15) is 12.3 Å². The number of fused-ring (bicyclic) bond motifs is 1. The van der Waals surface area contributed by atoms with Crippen molar-refractivity contribution in [1.29, 1.82) is 0 Å². The van der Waals surface area contributed by atoms with Gasteiger partial charge in [0.15, 0.2) is 0 Å². The molecule has 3 aromatic carbocycles. The third kappa shape index (κ3) is 6.43. The van der Waals surface area contributed by atoms with Gasteiger partial charge in [-0.1, -0.05) is 48.0 Å². The van der Waals surface area contributed by atoms with Crippen LogP contribution < -0.4 is 26.6 Å². The number of aromatic nitrogens is 2. The molecule has 0 aliphatic heterocycles. The van der Waals surface area contributed by atoms with Gasteiger partial charge in [-0.3, -0.25) is 23.5 Å². The molecule has 2 amide bonds. The fourth-order valence-electron chi connectivity index (χ4n) is 4.54. The van der Waals surface area contributed by atoms with Gasteiger partial charge in [-0.25, -0.2) is 4.79 Å². The lowest BCUT2D eigenvalue weighted by Crippen LogP contribution is -2.42. The second-order valence-electron chi connectivity index (χ2n) is 9.40. The van der Waals surface area contributed by atoms with Crippen molar-refractivity contribution in [2.45, 2.75) is 46.3 Å². The van der Waals surface area contributed by atoms with Gasteiger partial charge in [0.2, 0.25) is 11.8 Å². The lowest BCUT2D eigenvalue weighted by atomic mass is 10.1. The predicted octanol–water partition coefficient (Wildman–Crippen LogP) is 3.52. The Hall–Kier alpha value is -4.66. The molecule has 0 fully saturated rings. The molecule has 0 unspecified atom stereocenters. The highest BCUT2D eigenvalue weighted by molar-refractivity contribution is 5.92. The van der Waals surface area contributed by atoms with E-state index in [0.717, 1.165) is 21.3 Å². The Morgan fingerprint density at radius 2 is 1.64 bits per heavy atom. The van der Waals surface area contributed by atoms with Crippen molar-refractivity contribution < 1.29 is 14.3 Å². The zero-order valence-corrected chi connectivity index (χ0v) is 22.3. The molecule has 202 valence electrons. The number of hydrogen-bond acceptors (Lipinski definition) is 5. The number of nitrogens with one attached hydrogen (secondary N) is 2. The van der Waals surface area contributed by atoms with Gasteiger partial charge < -0.3 is 15.4 Å². The highest BCUT2D eigenvalue weighted by Crippen LogP contribution is 2.17. The Morgan fingerprint density at radius 1 is 0.897 bits per heavy atom. The Kier molecular flexibility index (Phi) is 8.60. The van der Waals surface area contributed by atoms with Crippen LogP contribution in [0.4, 0.5) is 5.69 Å². The average Bonchev–Trinajstić information content (AvgIpc) is 2.93. The van der Waals surface area contributed by atoms with Crippen molar-refractivity contribution in [1.82, 2.24) is 14.5 Å². The van der Waals surface area contributed by atoms with Crippen molar-refractivity contribution >= 4 is 28.4 Å². The van der Waals surface area contributed by atoms with E-state index < -0.39 is 11.2 Å². The highest BCUT2D eigenvalue weighted by atomic mass is 16.5. The van der Waals surface area contributed by atoms with Crippen LogP contribution in [0.15, 0.2) is 76.3 Å². The minimum Gasteiger partial charge on any atom is -0.496 e. The SMILES string of the molecule is COc1ccccc1CNC(=O)CCCn1c(=O)c2ccccc2n(CC(=O)Nc2ccc(C)cc2C)c1=O. The minimum atomic E-state index is -0.594. The average molecular weight is 529 g/mol. The van der Waals surface area contributed by atoms with E-state index in [1.807, 2.05) is 56.3 Å². The predicted molar refractivity (Wildman–Crippen MR) is 151 cm³/mol. The molecule has 9 nitrogen and oxygen atoms in total. The molecule has 0 spiro atoms. The number of benzene rings is 3. The third-order valence-electron chi connectivity index (χ3n) is 6.54. The molecule has 1 heterocycles. The highest BCUT2D eigenvalue weighted by Gasteiger charge is 2.16. The van der Waals surface area contributed by atoms with E-state index in [4.69, 9.17) is 4.74 Å². The summed E-state index contributed by atoms with van der Waals surface area (Å²) >= 11 is 0. The number of ether oxygens (including phenoxy) is 1. The van der Waals surface area contributed by atoms with E-state index in [2.05, 4.69) is 10.6 Å². The topological polar surface area (TPSA) is 111 Å². The maximum absolute atomic E-state index is 13.4. The van der Waals surface area contributed by atoms with Gasteiger partial charge in [0.25, 0.3) is 5.56 Å². The number of aryl methyl sites for hydroxylation is 2. The molecule has 0 radical (unpaired) electrons. The minimum absolute atomic E-state index is 0.0449. The number of amides is 2. The summed E-state index contributed by atoms with van der Waals surface area (Å²) < 4.78 is 7.71. The summed E-state index contributed by atoms with van der Waals surface area (Å²) in [5.41, 5.74) is 2.84. The Balaban J connectivity index is 1.48. The van der Waals surface area contributed by atoms with Crippen LogP contribution in [0, 0.1) is 13.8 Å². The first-order chi connectivity index (χ1) is 18.8. The summed E-state index contributed by atoms with van der Waals surface area (Å²) in [4.78, 5) is 51.9. The molecular formula is C30H32N4O5. The van der Waals surface area contributed by atoms with Crippen LogP contribution in [0.1, 0.15) is 29.5 Å². The standard InChI is InChI=1S/C30H32N4O5/c1-20-14-15-24(21(2)17-20)32-28(36)19-34-25-11-6-5-10-23(25)29(37)33(30(34)38)16-8-13-27(35)31-18-22-9-4-7-12-26(22)39-3/h4-7,9-12,14-15,17H,8,13,16,18-19H2,1-3H3,(H,31,35)(H,32,36). The zero-order chi connectivity index (χ0) is 27.9. The summed E-state index contributed by atoms with van der Waals surface area (Å²) in [6.45, 7) is 3.96. The van der Waals surface area contributed by atoms with Gasteiger partial charge >= 0.3 is 5.69 Å². The van der Waals surface area contributed by atoms with Crippen LogP contribution in [0.5, 0.6) is 5.75 Å². The normalized spacial score (nSPS) is 10.8. The molecular weight excluding hydrogens is 496 g/mol. The number of rotatable bonds is 10. The Morgan fingerprint density at radius 3 is 2.41 bits per heavy atom. The van der Waals surface area contributed by atoms with Crippen molar-refractivity contribution in [2.24, 2.45) is 0 Å². The number of anilines is 1. The van der Waals surface area contributed by atoms with Crippen molar-refractivity contribution in [3.05, 3.63) is 104 Å². The van der Waals surface area contributed by atoms with E-state index in [0.29, 0.717) is 28.9 Å². The molecule has 0 saturated carbocycles. The lowest BCUT2D eigenvalue weighted by molar-refractivity contribution is -0.121. The van der Waals surface area contributed by atoms with Gasteiger partial charge in [-0.15, -0.1) is 0 Å². The summed E-state index contributed by atoms with van der Waals surface area (Å²) in [6.07, 6.45) is 0.404. The first-order valence-corrected chi connectivity index (χ1v) is 12.8. The van der Waals surface area contributed by atoms with Gasteiger partial charge in [-0.2, -0.15) is 0 Å². The molecule has 0 saturated heterocycles. The summed E-state index contributed by atoms with van der Waals surface area (Å²) in [7, 11) is 1.57. The van der Waals surface area contributed by atoms with Crippen LogP contribution in [-0.4, -0.2) is 28.1 Å². The number of hydrogen-bond donors (Lipinski definition) is 2. The smallest absolute Gasteiger partial charge is 0.331 e. The molecule has 0 aliphatic rings. The second-order valence-corrected chi connectivity index (χ2v) is 9.40. The summed E-state index contributed by atoms with van der Waals surface area (Å²) in [5.74, 6) is 0.0979. The van der Waals surface area contributed by atoms with E-state index >= 15 is 0 Å². The number of nitrogens with zero attached hydrogens (tertiary/aromatic N) is 2. The Bertz CT molecular complexity index is 1640. The van der Waals surface area contributed by atoms with E-state index in [1.165, 1.54) is 4.57 Å². The van der Waals surface area contributed by atoms with E-state index in [-0.39, 0.29) is 37.7 Å². The quantitative estimate of drug-likeness (QED) is 0.327. The zero-order valence-electron chi connectivity index (χ0n) is 22.3. The van der Waals surface area contributed by atoms with Gasteiger partial charge in [0, 0.05) is 30.8 Å². The van der Waals surface area contributed by atoms with Crippen LogP contribution in [0.25, 0.3) is 10.9 Å². The van der Waals surface area contributed by atoms with Crippen molar-refractivity contribution in [2.75, 3.05) is 12.4 Å². The van der Waals surface area contributed by atoms with Gasteiger partial charge in [0.05, 0.1) is 18.0 Å². The van der Waals surface area contributed by atoms with E-state index in [1.54, 1.807) is 31.4 Å². The largest absolute Gasteiger partial charge is 0.496 e. The van der Waals surface area contributed by atoms with Crippen molar-refractivity contribution in [3.8, 4) is 5.75 Å². The Labute approximate surface area is 226 Å². The third-order valence-corrected chi connectivity index (χ3v) is 6.54. The molecule has 1 aromatic heterocycles. The molecule has 4 aromatic rings. The molecule has 9 heteroatoms. The first-order valence-electron chi connectivity index (χ1n) is 12.8. The molecule has 39 heavy (non-hydrogen) atoms. The van der Waals surface area contributed by atoms with Crippen molar-refractivity contribution in [3.63, 3.8) is 0 Å². The molecule has 2 N–H and O–H groups in total. The summed E-state index contributed by atoms with van der Waals surface area (Å²) in [5, 5.41) is 6.03. The molecule has 0 atom stereocenters. The number of carbonyl (C=O) groups is 2. The van der Waals surface area contributed by atoms with Crippen LogP contribution in [0.3, 0.4) is 0 Å². The fourth-order valence-corrected chi connectivity index (χ4v) is 4.54. The maximum atomic E-state index is 13.4. The fraction of sp³-hybridized carbons (Fsp3) is 0.267. The lowest BCUT2D eigenvalue weighted by Gasteiger charge is -2.15. The van der Waals surface area contributed by atoms with E-state index in [9.17, 15) is 19.2 Å². The molecule has 0 bridgehead atoms. The van der Waals surface area contributed by atoms with Crippen LogP contribution >= 0.6 is 0 Å².